The van der Waals surface area contributed by atoms with Crippen LogP contribution >= 0.6 is 43.5 Å². The molecule has 0 amide bonds. The first kappa shape index (κ1) is 17.0. The molecule has 0 saturated heterocycles. The molecular weight excluding hydrogens is 418 g/mol. The van der Waals surface area contributed by atoms with Crippen molar-refractivity contribution in [3.8, 4) is 0 Å². The maximum absolute atomic E-state index is 14.1. The topological polar surface area (TPSA) is 0 Å². The van der Waals surface area contributed by atoms with E-state index < -0.39 is 0 Å². The molecule has 112 valence electrons. The summed E-state index contributed by atoms with van der Waals surface area (Å²) in [7, 11) is 0. The van der Waals surface area contributed by atoms with Crippen LogP contribution in [-0.4, -0.2) is 10.7 Å². The SMILES string of the molecule is Cc1cccc(C(CBr)(CBr)Cc2cc(Cl)ccc2F)c1. The Bertz CT molecular complexity index is 624. The summed E-state index contributed by atoms with van der Waals surface area (Å²) in [4.78, 5) is 0. The summed E-state index contributed by atoms with van der Waals surface area (Å²) in [6.07, 6.45) is 0.583. The van der Waals surface area contributed by atoms with E-state index in [0.717, 1.165) is 10.7 Å². The van der Waals surface area contributed by atoms with E-state index in [9.17, 15) is 4.39 Å². The summed E-state index contributed by atoms with van der Waals surface area (Å²) in [5.41, 5.74) is 2.82. The predicted molar refractivity (Wildman–Crippen MR) is 95.6 cm³/mol. The highest BCUT2D eigenvalue weighted by atomic mass is 79.9. The average Bonchev–Trinajstić information content (AvgIpc) is 2.48. The molecule has 0 atom stereocenters. The summed E-state index contributed by atoms with van der Waals surface area (Å²) >= 11 is 13.2. The van der Waals surface area contributed by atoms with Gasteiger partial charge in [-0.05, 0) is 42.7 Å². The first-order valence-electron chi connectivity index (χ1n) is 6.64. The molecule has 0 aromatic heterocycles. The lowest BCUT2D eigenvalue weighted by Crippen LogP contribution is -2.33. The third kappa shape index (κ3) is 3.88. The molecule has 4 heteroatoms. The van der Waals surface area contributed by atoms with Gasteiger partial charge in [0.1, 0.15) is 5.82 Å². The summed E-state index contributed by atoms with van der Waals surface area (Å²) in [5.74, 6) is -0.210. The normalized spacial score (nSPS) is 11.7. The third-order valence-corrected chi connectivity index (χ3v) is 6.06. The summed E-state index contributed by atoms with van der Waals surface area (Å²) in [5, 5.41) is 2.04. The Balaban J connectivity index is 2.45. The first-order valence-corrected chi connectivity index (χ1v) is 9.26. The van der Waals surface area contributed by atoms with Crippen molar-refractivity contribution in [2.45, 2.75) is 18.8 Å². The lowest BCUT2D eigenvalue weighted by molar-refractivity contribution is 0.522. The highest BCUT2D eigenvalue weighted by molar-refractivity contribution is 9.09. The lowest BCUT2D eigenvalue weighted by atomic mass is 9.78. The average molecular weight is 435 g/mol. The van der Waals surface area contributed by atoms with Crippen LogP contribution in [0.4, 0.5) is 4.39 Å². The minimum absolute atomic E-state index is 0.210. The molecular formula is C17H16Br2ClF. The zero-order valence-corrected chi connectivity index (χ0v) is 15.6. The summed E-state index contributed by atoms with van der Waals surface area (Å²) in [6, 6.07) is 13.1. The molecule has 0 spiro atoms. The molecule has 0 heterocycles. The maximum Gasteiger partial charge on any atom is 0.126 e. The van der Waals surface area contributed by atoms with Gasteiger partial charge in [-0.3, -0.25) is 0 Å². The Hall–Kier alpha value is -0.380. The van der Waals surface area contributed by atoms with Gasteiger partial charge in [0, 0.05) is 21.1 Å². The van der Waals surface area contributed by atoms with Crippen molar-refractivity contribution in [1.29, 1.82) is 0 Å². The third-order valence-electron chi connectivity index (χ3n) is 3.68. The fraction of sp³-hybridized carbons (Fsp3) is 0.294. The van der Waals surface area contributed by atoms with E-state index in [1.54, 1.807) is 12.1 Å². The second-order valence-corrected chi connectivity index (χ2v) is 6.89. The molecule has 0 bridgehead atoms. The van der Waals surface area contributed by atoms with E-state index in [2.05, 4.69) is 57.0 Å². The van der Waals surface area contributed by atoms with Gasteiger partial charge < -0.3 is 0 Å². The predicted octanol–water partition coefficient (Wildman–Crippen LogP) is 6.06. The molecule has 2 rings (SSSR count). The Morgan fingerprint density at radius 3 is 2.43 bits per heavy atom. The van der Waals surface area contributed by atoms with Crippen LogP contribution in [0.15, 0.2) is 42.5 Å². The van der Waals surface area contributed by atoms with Gasteiger partial charge in [0.2, 0.25) is 0 Å². The molecule has 0 aliphatic carbocycles. The molecule has 0 fully saturated rings. The number of hydrogen-bond acceptors (Lipinski definition) is 0. The fourth-order valence-electron chi connectivity index (χ4n) is 2.40. The van der Waals surface area contributed by atoms with Gasteiger partial charge >= 0.3 is 0 Å². The number of halogens is 4. The Morgan fingerprint density at radius 1 is 1.10 bits per heavy atom. The van der Waals surface area contributed by atoms with E-state index in [4.69, 9.17) is 11.6 Å². The van der Waals surface area contributed by atoms with Crippen LogP contribution in [0.3, 0.4) is 0 Å². The van der Waals surface area contributed by atoms with E-state index >= 15 is 0 Å². The number of alkyl halides is 2. The van der Waals surface area contributed by atoms with Crippen LogP contribution < -0.4 is 0 Å². The van der Waals surface area contributed by atoms with Gasteiger partial charge in [-0.1, -0.05) is 73.3 Å². The number of aryl methyl sites for hydroxylation is 1. The second-order valence-electron chi connectivity index (χ2n) is 5.33. The minimum Gasteiger partial charge on any atom is -0.207 e. The van der Waals surface area contributed by atoms with Crippen molar-refractivity contribution in [2.75, 3.05) is 10.7 Å². The first-order chi connectivity index (χ1) is 10.0. The molecule has 0 aliphatic rings. The smallest absolute Gasteiger partial charge is 0.126 e. The van der Waals surface area contributed by atoms with E-state index in [1.807, 2.05) is 6.07 Å². The monoisotopic (exact) mass is 432 g/mol. The fourth-order valence-corrected chi connectivity index (χ4v) is 4.57. The van der Waals surface area contributed by atoms with Gasteiger partial charge in [0.25, 0.3) is 0 Å². The highest BCUT2D eigenvalue weighted by Gasteiger charge is 2.31. The van der Waals surface area contributed by atoms with Crippen molar-refractivity contribution >= 4 is 43.5 Å². The van der Waals surface area contributed by atoms with Crippen LogP contribution in [0.5, 0.6) is 0 Å². The molecule has 0 nitrogen and oxygen atoms in total. The standard InChI is InChI=1S/C17H16Br2ClF/c1-12-3-2-4-14(7-12)17(10-18,11-19)9-13-8-15(20)5-6-16(13)21/h2-8H,9-11H2,1H3. The van der Waals surface area contributed by atoms with Crippen LogP contribution in [0, 0.1) is 12.7 Å². The largest absolute Gasteiger partial charge is 0.207 e. The minimum atomic E-state index is -0.211. The molecule has 2 aromatic carbocycles. The Labute approximate surface area is 147 Å². The van der Waals surface area contributed by atoms with Gasteiger partial charge in [0.15, 0.2) is 0 Å². The molecule has 0 radical (unpaired) electrons. The van der Waals surface area contributed by atoms with Crippen LogP contribution in [0.1, 0.15) is 16.7 Å². The van der Waals surface area contributed by atoms with Crippen LogP contribution in [-0.2, 0) is 11.8 Å². The number of benzene rings is 2. The van der Waals surface area contributed by atoms with Crippen molar-refractivity contribution in [1.82, 2.24) is 0 Å². The Kier molecular flexibility index (Phi) is 5.87. The molecule has 21 heavy (non-hydrogen) atoms. The highest BCUT2D eigenvalue weighted by Crippen LogP contribution is 2.34. The van der Waals surface area contributed by atoms with Crippen molar-refractivity contribution in [3.05, 3.63) is 70.0 Å². The molecule has 0 N–H and O–H groups in total. The van der Waals surface area contributed by atoms with Crippen molar-refractivity contribution < 1.29 is 4.39 Å². The van der Waals surface area contributed by atoms with Crippen molar-refractivity contribution in [3.63, 3.8) is 0 Å². The van der Waals surface area contributed by atoms with Gasteiger partial charge in [-0.15, -0.1) is 0 Å². The van der Waals surface area contributed by atoms with E-state index in [1.165, 1.54) is 17.2 Å². The summed E-state index contributed by atoms with van der Waals surface area (Å²) < 4.78 is 14.1. The second kappa shape index (κ2) is 7.26. The summed E-state index contributed by atoms with van der Waals surface area (Å²) in [6.45, 7) is 2.07. The molecule has 0 unspecified atom stereocenters. The van der Waals surface area contributed by atoms with E-state index in [-0.39, 0.29) is 11.2 Å². The van der Waals surface area contributed by atoms with Crippen LogP contribution in [0.25, 0.3) is 0 Å². The van der Waals surface area contributed by atoms with Gasteiger partial charge in [0.05, 0.1) is 0 Å². The zero-order valence-electron chi connectivity index (χ0n) is 11.7. The quantitative estimate of drug-likeness (QED) is 0.502. The van der Waals surface area contributed by atoms with Gasteiger partial charge in [-0.25, -0.2) is 4.39 Å². The van der Waals surface area contributed by atoms with Crippen LogP contribution in [0.2, 0.25) is 5.02 Å². The molecule has 0 saturated carbocycles. The maximum atomic E-state index is 14.1. The van der Waals surface area contributed by atoms with Gasteiger partial charge in [-0.2, -0.15) is 0 Å². The number of rotatable bonds is 5. The lowest BCUT2D eigenvalue weighted by Gasteiger charge is -2.31. The number of hydrogen-bond donors (Lipinski definition) is 0. The molecule has 0 aliphatic heterocycles. The van der Waals surface area contributed by atoms with Crippen molar-refractivity contribution in [2.24, 2.45) is 0 Å². The molecule has 2 aromatic rings. The van der Waals surface area contributed by atoms with E-state index in [0.29, 0.717) is 17.0 Å². The Morgan fingerprint density at radius 2 is 1.81 bits per heavy atom. The zero-order chi connectivity index (χ0) is 15.5.